The van der Waals surface area contributed by atoms with E-state index in [0.717, 1.165) is 21.6 Å². The van der Waals surface area contributed by atoms with Crippen molar-refractivity contribution >= 4 is 27.3 Å². The molecule has 0 spiro atoms. The number of halogens is 2. The Morgan fingerprint density at radius 3 is 2.75 bits per heavy atom. The van der Waals surface area contributed by atoms with Crippen molar-refractivity contribution in [3.63, 3.8) is 0 Å². The lowest BCUT2D eigenvalue weighted by molar-refractivity contribution is 0.397. The minimum Gasteiger partial charge on any atom is -0.496 e. The van der Waals surface area contributed by atoms with Gasteiger partial charge in [-0.05, 0) is 53.2 Å². The van der Waals surface area contributed by atoms with Crippen molar-refractivity contribution in [2.24, 2.45) is 0 Å². The van der Waals surface area contributed by atoms with Gasteiger partial charge in [-0.1, -0.05) is 13.0 Å². The molecule has 1 atom stereocenters. The van der Waals surface area contributed by atoms with Crippen LogP contribution in [0.4, 0.5) is 4.39 Å². The third-order valence-electron chi connectivity index (χ3n) is 3.00. The molecule has 0 saturated heterocycles. The number of rotatable bonds is 6. The van der Waals surface area contributed by atoms with Crippen LogP contribution in [0.2, 0.25) is 0 Å². The molecule has 0 aliphatic rings. The highest BCUT2D eigenvalue weighted by molar-refractivity contribution is 9.11. The van der Waals surface area contributed by atoms with Gasteiger partial charge in [-0.2, -0.15) is 0 Å². The summed E-state index contributed by atoms with van der Waals surface area (Å²) in [5.41, 5.74) is 0.567. The van der Waals surface area contributed by atoms with Crippen molar-refractivity contribution in [3.8, 4) is 5.75 Å². The molecule has 1 N–H and O–H groups in total. The number of benzene rings is 1. The maximum atomic E-state index is 14.3. The summed E-state index contributed by atoms with van der Waals surface area (Å²) in [6.07, 6.45) is 0.986. The summed E-state index contributed by atoms with van der Waals surface area (Å²) < 4.78 is 20.6. The summed E-state index contributed by atoms with van der Waals surface area (Å²) >= 11 is 5.06. The topological polar surface area (TPSA) is 21.3 Å². The van der Waals surface area contributed by atoms with E-state index in [9.17, 15) is 4.39 Å². The molecule has 1 aromatic heterocycles. The van der Waals surface area contributed by atoms with Crippen LogP contribution >= 0.6 is 27.3 Å². The third kappa shape index (κ3) is 3.40. The van der Waals surface area contributed by atoms with Gasteiger partial charge in [0.1, 0.15) is 11.6 Å². The summed E-state index contributed by atoms with van der Waals surface area (Å²) in [5.74, 6) is 0.325. The Hall–Kier alpha value is -0.910. The molecule has 20 heavy (non-hydrogen) atoms. The van der Waals surface area contributed by atoms with Crippen LogP contribution in [-0.4, -0.2) is 13.7 Å². The van der Waals surface area contributed by atoms with Crippen LogP contribution in [0.25, 0.3) is 0 Å². The van der Waals surface area contributed by atoms with E-state index in [1.807, 2.05) is 12.1 Å². The van der Waals surface area contributed by atoms with E-state index in [4.69, 9.17) is 4.74 Å². The SMILES string of the molecule is CCCNC(c1ccc(Br)s1)c1c(F)cccc1OC. The smallest absolute Gasteiger partial charge is 0.132 e. The average Bonchev–Trinajstić information content (AvgIpc) is 2.87. The van der Waals surface area contributed by atoms with Crippen LogP contribution in [-0.2, 0) is 0 Å². The fourth-order valence-corrected chi connectivity index (χ4v) is 3.60. The zero-order valence-electron chi connectivity index (χ0n) is 11.5. The van der Waals surface area contributed by atoms with Gasteiger partial charge < -0.3 is 10.1 Å². The molecule has 5 heteroatoms. The monoisotopic (exact) mass is 357 g/mol. The van der Waals surface area contributed by atoms with Gasteiger partial charge in [0.05, 0.1) is 22.5 Å². The van der Waals surface area contributed by atoms with Gasteiger partial charge in [0, 0.05) is 4.88 Å². The molecular weight excluding hydrogens is 341 g/mol. The predicted octanol–water partition coefficient (Wildman–Crippen LogP) is 4.75. The number of ether oxygens (including phenoxy) is 1. The molecule has 1 unspecified atom stereocenters. The van der Waals surface area contributed by atoms with Crippen molar-refractivity contribution in [3.05, 3.63) is 50.4 Å². The molecule has 0 saturated carbocycles. The van der Waals surface area contributed by atoms with Gasteiger partial charge in [0.2, 0.25) is 0 Å². The van der Waals surface area contributed by atoms with Crippen molar-refractivity contribution in [1.82, 2.24) is 5.32 Å². The molecule has 1 aromatic carbocycles. The summed E-state index contributed by atoms with van der Waals surface area (Å²) in [6.45, 7) is 2.91. The number of hydrogen-bond acceptors (Lipinski definition) is 3. The standard InChI is InChI=1S/C15H17BrFNOS/c1-3-9-18-15(12-7-8-13(16)20-12)14-10(17)5-4-6-11(14)19-2/h4-8,15,18H,3,9H2,1-2H3. The molecule has 108 valence electrons. The van der Waals surface area contributed by atoms with Crippen molar-refractivity contribution < 1.29 is 9.13 Å². The summed E-state index contributed by atoms with van der Waals surface area (Å²) in [4.78, 5) is 1.06. The minimum absolute atomic E-state index is 0.192. The van der Waals surface area contributed by atoms with Crippen LogP contribution in [0.15, 0.2) is 34.1 Å². The Morgan fingerprint density at radius 2 is 2.15 bits per heavy atom. The van der Waals surface area contributed by atoms with Crippen LogP contribution in [0, 0.1) is 5.82 Å². The second-order valence-electron chi connectivity index (χ2n) is 4.38. The van der Waals surface area contributed by atoms with Gasteiger partial charge in [0.25, 0.3) is 0 Å². The lowest BCUT2D eigenvalue weighted by Gasteiger charge is -2.20. The third-order valence-corrected chi connectivity index (χ3v) is 4.69. The Labute approximate surface area is 131 Å². The number of nitrogens with one attached hydrogen (secondary N) is 1. The first kappa shape index (κ1) is 15.5. The fraction of sp³-hybridized carbons (Fsp3) is 0.333. The normalized spacial score (nSPS) is 12.4. The van der Waals surface area contributed by atoms with Gasteiger partial charge in [-0.3, -0.25) is 0 Å². The molecule has 2 aromatic rings. The maximum Gasteiger partial charge on any atom is 0.132 e. The fourth-order valence-electron chi connectivity index (χ4n) is 2.09. The molecule has 0 aliphatic heterocycles. The van der Waals surface area contributed by atoms with Gasteiger partial charge in [0.15, 0.2) is 0 Å². The largest absolute Gasteiger partial charge is 0.496 e. The van der Waals surface area contributed by atoms with Crippen LogP contribution in [0.5, 0.6) is 5.75 Å². The van der Waals surface area contributed by atoms with Crippen LogP contribution in [0.3, 0.4) is 0 Å². The number of hydrogen-bond donors (Lipinski definition) is 1. The summed E-state index contributed by atoms with van der Waals surface area (Å²) in [7, 11) is 1.57. The first-order valence-corrected chi connectivity index (χ1v) is 8.09. The average molecular weight is 358 g/mol. The van der Waals surface area contributed by atoms with Crippen molar-refractivity contribution in [1.29, 1.82) is 0 Å². The Morgan fingerprint density at radius 1 is 1.35 bits per heavy atom. The zero-order valence-corrected chi connectivity index (χ0v) is 13.9. The highest BCUT2D eigenvalue weighted by Gasteiger charge is 2.23. The molecule has 0 amide bonds. The van der Waals surface area contributed by atoms with Crippen molar-refractivity contribution in [2.45, 2.75) is 19.4 Å². The van der Waals surface area contributed by atoms with E-state index >= 15 is 0 Å². The Kier molecular flexibility index (Phi) is 5.57. The predicted molar refractivity (Wildman–Crippen MR) is 85.1 cm³/mol. The van der Waals surface area contributed by atoms with Gasteiger partial charge >= 0.3 is 0 Å². The zero-order chi connectivity index (χ0) is 14.5. The second-order valence-corrected chi connectivity index (χ2v) is 6.88. The van der Waals surface area contributed by atoms with Gasteiger partial charge in [-0.25, -0.2) is 4.39 Å². The molecular formula is C15H17BrFNOS. The molecule has 2 rings (SSSR count). The second kappa shape index (κ2) is 7.20. The van der Waals surface area contributed by atoms with E-state index in [2.05, 4.69) is 28.2 Å². The molecule has 0 fully saturated rings. The summed E-state index contributed by atoms with van der Waals surface area (Å²) in [5, 5.41) is 3.40. The first-order valence-electron chi connectivity index (χ1n) is 6.48. The molecule has 2 nitrogen and oxygen atoms in total. The maximum absolute atomic E-state index is 14.3. The Balaban J connectivity index is 2.46. The van der Waals surface area contributed by atoms with E-state index in [0.29, 0.717) is 11.3 Å². The highest BCUT2D eigenvalue weighted by atomic mass is 79.9. The molecule has 0 aliphatic carbocycles. The number of thiophene rings is 1. The minimum atomic E-state index is -0.248. The lowest BCUT2D eigenvalue weighted by Crippen LogP contribution is -2.24. The van der Waals surface area contributed by atoms with Crippen LogP contribution in [0.1, 0.15) is 29.8 Å². The van der Waals surface area contributed by atoms with Crippen LogP contribution < -0.4 is 10.1 Å². The van der Waals surface area contributed by atoms with E-state index in [-0.39, 0.29) is 11.9 Å². The molecule has 1 heterocycles. The van der Waals surface area contributed by atoms with Gasteiger partial charge in [-0.15, -0.1) is 11.3 Å². The molecule has 0 bridgehead atoms. The highest BCUT2D eigenvalue weighted by Crippen LogP contribution is 2.36. The van der Waals surface area contributed by atoms with E-state index < -0.39 is 0 Å². The number of methoxy groups -OCH3 is 1. The first-order chi connectivity index (χ1) is 9.67. The van der Waals surface area contributed by atoms with E-state index in [1.165, 1.54) is 6.07 Å². The van der Waals surface area contributed by atoms with E-state index in [1.54, 1.807) is 30.6 Å². The molecule has 0 radical (unpaired) electrons. The lowest BCUT2D eigenvalue weighted by atomic mass is 10.0. The quantitative estimate of drug-likeness (QED) is 0.805. The Bertz CT molecular complexity index is 573. The van der Waals surface area contributed by atoms with Crippen molar-refractivity contribution in [2.75, 3.05) is 13.7 Å². The summed E-state index contributed by atoms with van der Waals surface area (Å²) in [6, 6.07) is 8.73.